The van der Waals surface area contributed by atoms with Crippen LogP contribution in [0.2, 0.25) is 0 Å². The molecule has 0 aliphatic rings. The molecule has 0 aromatic heterocycles. The summed E-state index contributed by atoms with van der Waals surface area (Å²) >= 11 is 0. The Morgan fingerprint density at radius 3 is 1.70 bits per heavy atom. The Bertz CT molecular complexity index is 279. The highest BCUT2D eigenvalue weighted by Gasteiger charge is 2.19. The Balaban J connectivity index is 3.29. The first-order chi connectivity index (χ1) is 9.38. The number of nitrogens with one attached hydrogen (secondary N) is 1. The number of carbonyl (C=O) groups excluding carboxylic acids is 2. The summed E-state index contributed by atoms with van der Waals surface area (Å²) in [6.07, 6.45) is 9.32. The molecular formula is C17H33NO2. The molecule has 1 N–H and O–H groups in total. The van der Waals surface area contributed by atoms with Crippen LogP contribution in [0.25, 0.3) is 0 Å². The minimum absolute atomic E-state index is 0.174. The van der Waals surface area contributed by atoms with Gasteiger partial charge in [0.25, 0.3) is 0 Å². The summed E-state index contributed by atoms with van der Waals surface area (Å²) in [5.74, 6) is 0.549. The van der Waals surface area contributed by atoms with Crippen LogP contribution < -0.4 is 5.32 Å². The highest BCUT2D eigenvalue weighted by atomic mass is 16.1. The van der Waals surface area contributed by atoms with Gasteiger partial charge in [0.15, 0.2) is 0 Å². The average molecular weight is 283 g/mol. The normalized spacial score (nSPS) is 11.4. The number of hydrogen-bond donors (Lipinski definition) is 1. The first-order valence-corrected chi connectivity index (χ1v) is 8.18. The summed E-state index contributed by atoms with van der Waals surface area (Å²) in [5, 5.41) is 2.82. The van der Waals surface area contributed by atoms with Crippen LogP contribution in [-0.2, 0) is 9.59 Å². The van der Waals surface area contributed by atoms with Crippen LogP contribution in [0.1, 0.15) is 85.5 Å². The van der Waals surface area contributed by atoms with Gasteiger partial charge in [-0.05, 0) is 19.8 Å². The maximum Gasteiger partial charge on any atom is 0.219 e. The van der Waals surface area contributed by atoms with E-state index in [0.29, 0.717) is 12.2 Å². The van der Waals surface area contributed by atoms with Crippen molar-refractivity contribution < 1.29 is 9.59 Å². The standard InChI is InChI=1S/C17H33NO2/c1-5-18-16(20)14-12-10-8-6-7-9-11-13-15(19)17(2,3)4/h5-14H2,1-4H3,(H,18,20). The van der Waals surface area contributed by atoms with Crippen molar-refractivity contribution >= 4 is 11.7 Å². The molecule has 1 amide bonds. The molecule has 0 aliphatic heterocycles. The van der Waals surface area contributed by atoms with Crippen LogP contribution in [-0.4, -0.2) is 18.2 Å². The lowest BCUT2D eigenvalue weighted by atomic mass is 9.88. The van der Waals surface area contributed by atoms with Gasteiger partial charge in [0.1, 0.15) is 5.78 Å². The van der Waals surface area contributed by atoms with E-state index in [1.165, 1.54) is 19.3 Å². The molecule has 3 heteroatoms. The maximum atomic E-state index is 11.7. The van der Waals surface area contributed by atoms with Crippen molar-refractivity contribution in [3.05, 3.63) is 0 Å². The largest absolute Gasteiger partial charge is 0.356 e. The van der Waals surface area contributed by atoms with Crippen molar-refractivity contribution in [3.8, 4) is 0 Å². The van der Waals surface area contributed by atoms with Gasteiger partial charge in [-0.3, -0.25) is 9.59 Å². The molecule has 0 saturated carbocycles. The Hall–Kier alpha value is -0.860. The lowest BCUT2D eigenvalue weighted by Gasteiger charge is -2.16. The van der Waals surface area contributed by atoms with E-state index in [4.69, 9.17) is 0 Å². The zero-order valence-electron chi connectivity index (χ0n) is 13.9. The van der Waals surface area contributed by atoms with Crippen molar-refractivity contribution in [3.63, 3.8) is 0 Å². The number of unbranched alkanes of at least 4 members (excludes halogenated alkanes) is 6. The fourth-order valence-corrected chi connectivity index (χ4v) is 2.12. The molecule has 0 heterocycles. The fraction of sp³-hybridized carbons (Fsp3) is 0.882. The fourth-order valence-electron chi connectivity index (χ4n) is 2.12. The van der Waals surface area contributed by atoms with Gasteiger partial charge in [0.2, 0.25) is 5.91 Å². The number of ketones is 1. The molecule has 0 aromatic carbocycles. The van der Waals surface area contributed by atoms with E-state index in [0.717, 1.165) is 38.6 Å². The van der Waals surface area contributed by atoms with Crippen LogP contribution in [0.4, 0.5) is 0 Å². The molecule has 20 heavy (non-hydrogen) atoms. The van der Waals surface area contributed by atoms with E-state index in [9.17, 15) is 9.59 Å². The van der Waals surface area contributed by atoms with Crippen molar-refractivity contribution in [2.45, 2.75) is 85.5 Å². The van der Waals surface area contributed by atoms with E-state index in [1.54, 1.807) is 0 Å². The first kappa shape index (κ1) is 19.1. The predicted octanol–water partition coefficient (Wildman–Crippen LogP) is 4.25. The number of hydrogen-bond acceptors (Lipinski definition) is 2. The van der Waals surface area contributed by atoms with Gasteiger partial charge in [-0.1, -0.05) is 52.9 Å². The topological polar surface area (TPSA) is 46.2 Å². The Kier molecular flexibility index (Phi) is 10.4. The number of carbonyl (C=O) groups is 2. The molecule has 0 spiro atoms. The average Bonchev–Trinajstić information content (AvgIpc) is 2.35. The third-order valence-electron chi connectivity index (χ3n) is 3.52. The van der Waals surface area contributed by atoms with Gasteiger partial charge >= 0.3 is 0 Å². The van der Waals surface area contributed by atoms with E-state index in [-0.39, 0.29) is 11.3 Å². The second-order valence-corrected chi connectivity index (χ2v) is 6.60. The molecule has 0 radical (unpaired) electrons. The SMILES string of the molecule is CCNC(=O)CCCCCCCCCC(=O)C(C)(C)C. The molecule has 3 nitrogen and oxygen atoms in total. The molecule has 118 valence electrons. The van der Waals surface area contributed by atoms with Crippen molar-refractivity contribution in [1.29, 1.82) is 0 Å². The number of Topliss-reactive ketones (excluding diaryl/α,β-unsaturated/α-hetero) is 1. The second kappa shape index (κ2) is 10.9. The monoisotopic (exact) mass is 283 g/mol. The first-order valence-electron chi connectivity index (χ1n) is 8.18. The summed E-state index contributed by atoms with van der Waals surface area (Å²) in [6, 6.07) is 0. The quantitative estimate of drug-likeness (QED) is 0.576. The van der Waals surface area contributed by atoms with Gasteiger partial charge in [-0.2, -0.15) is 0 Å². The molecule has 0 rings (SSSR count). The highest BCUT2D eigenvalue weighted by Crippen LogP contribution is 2.19. The van der Waals surface area contributed by atoms with Crippen molar-refractivity contribution in [2.75, 3.05) is 6.54 Å². The number of amides is 1. The van der Waals surface area contributed by atoms with Crippen LogP contribution in [0.15, 0.2) is 0 Å². The molecule has 0 fully saturated rings. The third kappa shape index (κ3) is 11.0. The van der Waals surface area contributed by atoms with Crippen LogP contribution in [0.3, 0.4) is 0 Å². The van der Waals surface area contributed by atoms with E-state index >= 15 is 0 Å². The zero-order chi connectivity index (χ0) is 15.4. The highest BCUT2D eigenvalue weighted by molar-refractivity contribution is 5.83. The summed E-state index contributed by atoms with van der Waals surface area (Å²) in [7, 11) is 0. The molecule has 0 aromatic rings. The molecule has 0 unspecified atom stereocenters. The molecule has 0 aliphatic carbocycles. The van der Waals surface area contributed by atoms with Crippen LogP contribution in [0.5, 0.6) is 0 Å². The lowest BCUT2D eigenvalue weighted by Crippen LogP contribution is -2.21. The van der Waals surface area contributed by atoms with E-state index < -0.39 is 0 Å². The van der Waals surface area contributed by atoms with E-state index in [1.807, 2.05) is 27.7 Å². The number of rotatable bonds is 11. The summed E-state index contributed by atoms with van der Waals surface area (Å²) in [4.78, 5) is 22.9. The Morgan fingerprint density at radius 1 is 0.800 bits per heavy atom. The van der Waals surface area contributed by atoms with Crippen molar-refractivity contribution in [2.24, 2.45) is 5.41 Å². The third-order valence-corrected chi connectivity index (χ3v) is 3.52. The smallest absolute Gasteiger partial charge is 0.219 e. The minimum Gasteiger partial charge on any atom is -0.356 e. The minimum atomic E-state index is -0.181. The Labute approximate surface area is 124 Å². The zero-order valence-corrected chi connectivity index (χ0v) is 13.9. The van der Waals surface area contributed by atoms with Gasteiger partial charge in [0, 0.05) is 24.8 Å². The second-order valence-electron chi connectivity index (χ2n) is 6.60. The predicted molar refractivity (Wildman–Crippen MR) is 84.7 cm³/mol. The summed E-state index contributed by atoms with van der Waals surface area (Å²) < 4.78 is 0. The lowest BCUT2D eigenvalue weighted by molar-refractivity contribution is -0.126. The van der Waals surface area contributed by atoms with Gasteiger partial charge in [-0.15, -0.1) is 0 Å². The Morgan fingerprint density at radius 2 is 1.25 bits per heavy atom. The van der Waals surface area contributed by atoms with Crippen LogP contribution >= 0.6 is 0 Å². The molecule has 0 bridgehead atoms. The van der Waals surface area contributed by atoms with Gasteiger partial charge in [-0.25, -0.2) is 0 Å². The molecular weight excluding hydrogens is 250 g/mol. The van der Waals surface area contributed by atoms with Crippen molar-refractivity contribution in [1.82, 2.24) is 5.32 Å². The maximum absolute atomic E-state index is 11.7. The molecule has 0 atom stereocenters. The summed E-state index contributed by atoms with van der Waals surface area (Å²) in [5.41, 5.74) is -0.181. The molecule has 0 saturated heterocycles. The van der Waals surface area contributed by atoms with Gasteiger partial charge in [0.05, 0.1) is 0 Å². The van der Waals surface area contributed by atoms with E-state index in [2.05, 4.69) is 5.32 Å². The van der Waals surface area contributed by atoms with Gasteiger partial charge < -0.3 is 5.32 Å². The van der Waals surface area contributed by atoms with Crippen LogP contribution in [0, 0.1) is 5.41 Å². The summed E-state index contributed by atoms with van der Waals surface area (Å²) in [6.45, 7) is 8.65.